The molecule has 0 aromatic rings. The van der Waals surface area contributed by atoms with Crippen LogP contribution >= 0.6 is 0 Å². The van der Waals surface area contributed by atoms with Crippen molar-refractivity contribution in [1.29, 1.82) is 0 Å². The molecule has 2 amide bonds. The molecule has 0 aliphatic carbocycles. The van der Waals surface area contributed by atoms with E-state index in [1.54, 1.807) is 12.2 Å². The van der Waals surface area contributed by atoms with Gasteiger partial charge in [0.05, 0.1) is 5.70 Å². The first-order chi connectivity index (χ1) is 9.35. The summed E-state index contributed by atoms with van der Waals surface area (Å²) in [6, 6.07) is 0. The molecule has 1 aliphatic heterocycles. The van der Waals surface area contributed by atoms with Crippen LogP contribution in [0, 0.1) is 5.41 Å². The molecule has 0 N–H and O–H groups in total. The van der Waals surface area contributed by atoms with Gasteiger partial charge in [0.1, 0.15) is 0 Å². The summed E-state index contributed by atoms with van der Waals surface area (Å²) in [7, 11) is 0. The van der Waals surface area contributed by atoms with Crippen LogP contribution in [-0.2, 0) is 9.59 Å². The average molecular weight is 271 g/mol. The lowest BCUT2D eigenvalue weighted by atomic mass is 9.96. The quantitative estimate of drug-likeness (QED) is 0.579. The van der Waals surface area contributed by atoms with E-state index in [-0.39, 0.29) is 17.2 Å². The van der Waals surface area contributed by atoms with Crippen LogP contribution in [0.1, 0.15) is 27.7 Å². The average Bonchev–Trinajstić information content (AvgIpc) is 2.68. The van der Waals surface area contributed by atoms with Gasteiger partial charge in [0, 0.05) is 12.2 Å². The van der Waals surface area contributed by atoms with Crippen LogP contribution in [0.4, 0.5) is 0 Å². The number of nitrogens with zero attached hydrogens (tertiary/aromatic N) is 1. The predicted molar refractivity (Wildman–Crippen MR) is 81.6 cm³/mol. The Morgan fingerprint density at radius 3 is 2.15 bits per heavy atom. The van der Waals surface area contributed by atoms with E-state index in [0.29, 0.717) is 5.70 Å². The minimum atomic E-state index is -0.306. The zero-order valence-electron chi connectivity index (χ0n) is 12.5. The molecule has 0 bridgehead atoms. The Morgan fingerprint density at radius 1 is 1.05 bits per heavy atom. The molecule has 0 saturated heterocycles. The minimum absolute atomic E-state index is 0.0224. The molecule has 106 valence electrons. The molecular formula is C17H21NO2. The van der Waals surface area contributed by atoms with Crippen molar-refractivity contribution < 1.29 is 9.59 Å². The molecule has 1 heterocycles. The summed E-state index contributed by atoms with van der Waals surface area (Å²) < 4.78 is 0. The third-order valence-corrected chi connectivity index (χ3v) is 2.50. The molecule has 1 aliphatic rings. The summed E-state index contributed by atoms with van der Waals surface area (Å²) in [5.41, 5.74) is 0.548. The van der Waals surface area contributed by atoms with Gasteiger partial charge in [-0.25, -0.2) is 4.90 Å². The maximum Gasteiger partial charge on any atom is 0.258 e. The molecule has 0 radical (unpaired) electrons. The Kier molecular flexibility index (Phi) is 5.44. The van der Waals surface area contributed by atoms with Crippen molar-refractivity contribution >= 4 is 11.8 Å². The third kappa shape index (κ3) is 4.84. The van der Waals surface area contributed by atoms with E-state index in [4.69, 9.17) is 0 Å². The predicted octanol–water partition coefficient (Wildman–Crippen LogP) is 3.53. The number of hydrogen-bond donors (Lipinski definition) is 0. The van der Waals surface area contributed by atoms with E-state index in [1.807, 2.05) is 37.3 Å². The van der Waals surface area contributed by atoms with Crippen LogP contribution in [0.5, 0.6) is 0 Å². The van der Waals surface area contributed by atoms with Crippen molar-refractivity contribution in [2.24, 2.45) is 5.41 Å². The van der Waals surface area contributed by atoms with Crippen LogP contribution in [0.3, 0.4) is 0 Å². The first-order valence-corrected chi connectivity index (χ1v) is 6.60. The van der Waals surface area contributed by atoms with E-state index in [9.17, 15) is 9.59 Å². The molecule has 0 aromatic heterocycles. The van der Waals surface area contributed by atoms with E-state index in [0.717, 1.165) is 0 Å². The van der Waals surface area contributed by atoms with Crippen LogP contribution in [0.15, 0.2) is 60.4 Å². The van der Waals surface area contributed by atoms with Gasteiger partial charge in [-0.1, -0.05) is 51.2 Å². The van der Waals surface area contributed by atoms with Crippen LogP contribution in [-0.4, -0.2) is 16.7 Å². The topological polar surface area (TPSA) is 37.4 Å². The van der Waals surface area contributed by atoms with Crippen molar-refractivity contribution in [3.8, 4) is 0 Å². The number of carbonyl (C=O) groups excluding carboxylic acids is 2. The lowest BCUT2D eigenvalue weighted by molar-refractivity contribution is -0.134. The molecule has 3 nitrogen and oxygen atoms in total. The summed E-state index contributed by atoms with van der Waals surface area (Å²) in [6.45, 7) is 8.10. The van der Waals surface area contributed by atoms with Gasteiger partial charge in [-0.3, -0.25) is 9.59 Å². The monoisotopic (exact) mass is 271 g/mol. The number of carbonyl (C=O) groups is 2. The lowest BCUT2D eigenvalue weighted by Gasteiger charge is -2.17. The second kappa shape index (κ2) is 6.85. The zero-order chi connectivity index (χ0) is 15.2. The fourth-order valence-electron chi connectivity index (χ4n) is 1.52. The fraction of sp³-hybridized carbons (Fsp3) is 0.294. The SMILES string of the molecule is C\C=C/C=C\C=C(/C=C/C(C)(C)C)N1C(=O)C=CC1=O. The molecule has 0 fully saturated rings. The van der Waals surface area contributed by atoms with E-state index in [2.05, 4.69) is 20.8 Å². The first-order valence-electron chi connectivity index (χ1n) is 6.60. The summed E-state index contributed by atoms with van der Waals surface area (Å²) in [5, 5.41) is 0. The van der Waals surface area contributed by atoms with E-state index < -0.39 is 0 Å². The lowest BCUT2D eigenvalue weighted by Crippen LogP contribution is -2.28. The zero-order valence-corrected chi connectivity index (χ0v) is 12.5. The molecular weight excluding hydrogens is 250 g/mol. The van der Waals surface area contributed by atoms with E-state index >= 15 is 0 Å². The number of rotatable bonds is 4. The molecule has 0 aromatic carbocycles. The highest BCUT2D eigenvalue weighted by Gasteiger charge is 2.25. The van der Waals surface area contributed by atoms with Crippen molar-refractivity contribution in [3.05, 3.63) is 60.4 Å². The first kappa shape index (κ1) is 15.9. The van der Waals surface area contributed by atoms with Crippen molar-refractivity contribution in [2.45, 2.75) is 27.7 Å². The van der Waals surface area contributed by atoms with Gasteiger partial charge in [-0.2, -0.15) is 0 Å². The maximum atomic E-state index is 11.7. The molecule has 0 unspecified atom stereocenters. The highest BCUT2D eigenvalue weighted by atomic mass is 16.2. The Morgan fingerprint density at radius 2 is 1.65 bits per heavy atom. The molecule has 3 heteroatoms. The molecule has 1 rings (SSSR count). The molecule has 0 saturated carbocycles. The van der Waals surface area contributed by atoms with Gasteiger partial charge in [0.15, 0.2) is 0 Å². The second-order valence-electron chi connectivity index (χ2n) is 5.55. The number of hydrogen-bond acceptors (Lipinski definition) is 2. The number of allylic oxidation sites excluding steroid dienone is 7. The Labute approximate surface area is 120 Å². The van der Waals surface area contributed by atoms with Crippen LogP contribution in [0.25, 0.3) is 0 Å². The minimum Gasteiger partial charge on any atom is -0.269 e. The van der Waals surface area contributed by atoms with Crippen LogP contribution < -0.4 is 0 Å². The van der Waals surface area contributed by atoms with Gasteiger partial charge in [-0.15, -0.1) is 0 Å². The summed E-state index contributed by atoms with van der Waals surface area (Å²) in [5.74, 6) is -0.613. The third-order valence-electron chi connectivity index (χ3n) is 2.50. The van der Waals surface area contributed by atoms with Gasteiger partial charge in [-0.05, 0) is 24.5 Å². The van der Waals surface area contributed by atoms with Crippen molar-refractivity contribution in [1.82, 2.24) is 4.90 Å². The highest BCUT2D eigenvalue weighted by molar-refractivity contribution is 6.14. The molecule has 0 spiro atoms. The number of imide groups is 1. The normalized spacial score (nSPS) is 17.6. The van der Waals surface area contributed by atoms with Gasteiger partial charge in [0.25, 0.3) is 11.8 Å². The second-order valence-corrected chi connectivity index (χ2v) is 5.55. The standard InChI is InChI=1S/C17H21NO2/c1-5-6-7-8-9-14(12-13-17(2,3)4)18-15(19)10-11-16(18)20/h5-13H,1-4H3/b6-5-,8-7-,13-12+,14-9+. The smallest absolute Gasteiger partial charge is 0.258 e. The summed E-state index contributed by atoms with van der Waals surface area (Å²) in [4.78, 5) is 24.7. The number of amides is 2. The molecule has 0 atom stereocenters. The Balaban J connectivity index is 3.05. The van der Waals surface area contributed by atoms with E-state index in [1.165, 1.54) is 17.1 Å². The highest BCUT2D eigenvalue weighted by Crippen LogP contribution is 2.19. The van der Waals surface area contributed by atoms with Gasteiger partial charge in [0.2, 0.25) is 0 Å². The Hall–Kier alpha value is -2.16. The van der Waals surface area contributed by atoms with Crippen molar-refractivity contribution in [2.75, 3.05) is 0 Å². The molecule has 20 heavy (non-hydrogen) atoms. The van der Waals surface area contributed by atoms with Crippen molar-refractivity contribution in [3.63, 3.8) is 0 Å². The largest absolute Gasteiger partial charge is 0.269 e. The van der Waals surface area contributed by atoms with Crippen LogP contribution in [0.2, 0.25) is 0 Å². The van der Waals surface area contributed by atoms with Gasteiger partial charge < -0.3 is 0 Å². The maximum absolute atomic E-state index is 11.7. The fourth-order valence-corrected chi connectivity index (χ4v) is 1.52. The summed E-state index contributed by atoms with van der Waals surface area (Å²) in [6.07, 6.45) is 15.6. The Bertz CT molecular complexity index is 508. The summed E-state index contributed by atoms with van der Waals surface area (Å²) >= 11 is 0. The van der Waals surface area contributed by atoms with Gasteiger partial charge >= 0.3 is 0 Å².